The van der Waals surface area contributed by atoms with Gasteiger partial charge in [0.1, 0.15) is 5.75 Å². The molecule has 108 valence electrons. The average Bonchev–Trinajstić information content (AvgIpc) is 2.87. The third-order valence-corrected chi connectivity index (χ3v) is 2.79. The summed E-state index contributed by atoms with van der Waals surface area (Å²) in [5, 5.41) is 27.2. The van der Waals surface area contributed by atoms with Crippen molar-refractivity contribution < 1.29 is 9.90 Å². The molecule has 21 heavy (non-hydrogen) atoms. The Hall–Kier alpha value is -3.01. The lowest BCUT2D eigenvalue weighted by atomic mass is 10.2. The van der Waals surface area contributed by atoms with Crippen molar-refractivity contribution in [1.82, 2.24) is 9.78 Å². The molecule has 0 aliphatic rings. The summed E-state index contributed by atoms with van der Waals surface area (Å²) in [4.78, 5) is 11.9. The number of hydrogen-bond acceptors (Lipinski definition) is 4. The molecule has 0 atom stereocenters. The van der Waals surface area contributed by atoms with E-state index < -0.39 is 6.03 Å². The van der Waals surface area contributed by atoms with Gasteiger partial charge in [-0.3, -0.25) is 10.00 Å². The first-order chi connectivity index (χ1) is 10.1. The Morgan fingerprint density at radius 2 is 2.24 bits per heavy atom. The van der Waals surface area contributed by atoms with Gasteiger partial charge in [-0.15, -0.1) is 0 Å². The van der Waals surface area contributed by atoms with Gasteiger partial charge in [0.15, 0.2) is 5.82 Å². The van der Waals surface area contributed by atoms with Crippen LogP contribution >= 0.6 is 0 Å². The molecule has 7 nitrogen and oxygen atoms in total. The van der Waals surface area contributed by atoms with E-state index in [9.17, 15) is 9.90 Å². The van der Waals surface area contributed by atoms with Gasteiger partial charge in [-0.2, -0.15) is 10.4 Å². The third kappa shape index (κ3) is 3.98. The normalized spacial score (nSPS) is 9.90. The molecular weight excluding hydrogens is 270 g/mol. The van der Waals surface area contributed by atoms with Crippen LogP contribution in [-0.2, 0) is 6.54 Å². The van der Waals surface area contributed by atoms with E-state index in [-0.39, 0.29) is 5.75 Å². The number of rotatable bonds is 4. The lowest BCUT2D eigenvalue weighted by Crippen LogP contribution is -2.20. The van der Waals surface area contributed by atoms with Crippen molar-refractivity contribution in [3.05, 3.63) is 36.0 Å². The summed E-state index contributed by atoms with van der Waals surface area (Å²) in [6, 6.07) is 7.94. The van der Waals surface area contributed by atoms with Crippen LogP contribution in [0.3, 0.4) is 0 Å². The SMILES string of the molecule is Cc1cc(O)ccc1NC(=O)Nc1ccn(CCC#N)n1. The van der Waals surface area contributed by atoms with Crippen LogP contribution in [0.1, 0.15) is 12.0 Å². The fourth-order valence-electron chi connectivity index (χ4n) is 1.78. The van der Waals surface area contributed by atoms with Gasteiger partial charge in [-0.1, -0.05) is 0 Å². The molecule has 0 radical (unpaired) electrons. The summed E-state index contributed by atoms with van der Waals surface area (Å²) >= 11 is 0. The average molecular weight is 285 g/mol. The van der Waals surface area contributed by atoms with Crippen LogP contribution in [0.25, 0.3) is 0 Å². The van der Waals surface area contributed by atoms with Crippen LogP contribution in [0.15, 0.2) is 30.5 Å². The van der Waals surface area contributed by atoms with Crippen molar-refractivity contribution in [2.45, 2.75) is 19.9 Å². The van der Waals surface area contributed by atoms with Gasteiger partial charge < -0.3 is 10.4 Å². The predicted octanol–water partition coefficient (Wildman–Crippen LogP) is 2.45. The number of aromatic hydroxyl groups is 1. The van der Waals surface area contributed by atoms with E-state index in [1.165, 1.54) is 6.07 Å². The molecule has 0 unspecified atom stereocenters. The Morgan fingerprint density at radius 3 is 2.95 bits per heavy atom. The fraction of sp³-hybridized carbons (Fsp3) is 0.214. The highest BCUT2D eigenvalue weighted by atomic mass is 16.3. The van der Waals surface area contributed by atoms with Gasteiger partial charge in [0.05, 0.1) is 19.0 Å². The number of phenols is 1. The molecule has 2 rings (SSSR count). The van der Waals surface area contributed by atoms with E-state index in [1.807, 2.05) is 6.07 Å². The number of aryl methyl sites for hydroxylation is 2. The zero-order valence-electron chi connectivity index (χ0n) is 11.5. The molecular formula is C14H15N5O2. The van der Waals surface area contributed by atoms with Crippen LogP contribution in [0, 0.1) is 18.3 Å². The second kappa shape index (κ2) is 6.43. The predicted molar refractivity (Wildman–Crippen MR) is 77.9 cm³/mol. The maximum atomic E-state index is 11.9. The van der Waals surface area contributed by atoms with Crippen molar-refractivity contribution in [1.29, 1.82) is 5.26 Å². The van der Waals surface area contributed by atoms with Crippen LogP contribution < -0.4 is 10.6 Å². The Morgan fingerprint density at radius 1 is 1.43 bits per heavy atom. The highest BCUT2D eigenvalue weighted by molar-refractivity contribution is 5.99. The molecule has 0 saturated carbocycles. The van der Waals surface area contributed by atoms with Gasteiger partial charge in [-0.25, -0.2) is 4.79 Å². The first-order valence-electron chi connectivity index (χ1n) is 6.36. The highest BCUT2D eigenvalue weighted by Crippen LogP contribution is 2.20. The molecule has 0 spiro atoms. The Kier molecular flexibility index (Phi) is 4.41. The standard InChI is InChI=1S/C14H15N5O2/c1-10-9-11(20)3-4-12(10)16-14(21)17-13-5-8-19(18-13)7-2-6-15/h3-5,8-9,20H,2,7H2,1H3,(H2,16,17,18,21). The first-order valence-corrected chi connectivity index (χ1v) is 6.36. The van der Waals surface area contributed by atoms with E-state index >= 15 is 0 Å². The van der Waals surface area contributed by atoms with Crippen LogP contribution in [0.2, 0.25) is 0 Å². The van der Waals surface area contributed by atoms with E-state index in [1.54, 1.807) is 36.0 Å². The number of amides is 2. The molecule has 2 amide bonds. The zero-order chi connectivity index (χ0) is 15.2. The number of urea groups is 1. The molecule has 7 heteroatoms. The molecule has 1 aromatic heterocycles. The number of nitrogens with one attached hydrogen (secondary N) is 2. The van der Waals surface area contributed by atoms with Crippen molar-refractivity contribution in [2.75, 3.05) is 10.6 Å². The largest absolute Gasteiger partial charge is 0.508 e. The number of carbonyl (C=O) groups excluding carboxylic acids is 1. The van der Waals surface area contributed by atoms with Crippen LogP contribution in [0.5, 0.6) is 5.75 Å². The van der Waals surface area contributed by atoms with Gasteiger partial charge >= 0.3 is 6.03 Å². The number of nitrogens with zero attached hydrogens (tertiary/aromatic N) is 3. The van der Waals surface area contributed by atoms with Crippen molar-refractivity contribution in [3.63, 3.8) is 0 Å². The number of phenolic OH excluding ortho intramolecular Hbond substituents is 1. The minimum absolute atomic E-state index is 0.148. The lowest BCUT2D eigenvalue weighted by molar-refractivity contribution is 0.262. The van der Waals surface area contributed by atoms with Gasteiger partial charge in [0.25, 0.3) is 0 Å². The van der Waals surface area contributed by atoms with Gasteiger partial charge in [-0.05, 0) is 30.7 Å². The molecule has 2 aromatic rings. The summed E-state index contributed by atoms with van der Waals surface area (Å²) in [5.41, 5.74) is 1.36. The minimum Gasteiger partial charge on any atom is -0.508 e. The molecule has 0 saturated heterocycles. The smallest absolute Gasteiger partial charge is 0.324 e. The monoisotopic (exact) mass is 285 g/mol. The minimum atomic E-state index is -0.422. The fourth-order valence-corrected chi connectivity index (χ4v) is 1.78. The van der Waals surface area contributed by atoms with Crippen LogP contribution in [0.4, 0.5) is 16.3 Å². The first kappa shape index (κ1) is 14.4. The molecule has 0 bridgehead atoms. The maximum absolute atomic E-state index is 11.9. The van der Waals surface area contributed by atoms with E-state index in [2.05, 4.69) is 15.7 Å². The number of anilines is 2. The number of benzene rings is 1. The van der Waals surface area contributed by atoms with E-state index in [4.69, 9.17) is 5.26 Å². The van der Waals surface area contributed by atoms with Crippen molar-refractivity contribution in [2.24, 2.45) is 0 Å². The topological polar surface area (TPSA) is 103 Å². The summed E-state index contributed by atoms with van der Waals surface area (Å²) in [6.45, 7) is 2.27. The van der Waals surface area contributed by atoms with Gasteiger partial charge in [0.2, 0.25) is 0 Å². The Labute approximate surface area is 121 Å². The number of nitriles is 1. The Balaban J connectivity index is 1.95. The summed E-state index contributed by atoms with van der Waals surface area (Å²) < 4.78 is 1.59. The van der Waals surface area contributed by atoms with Crippen LogP contribution in [-0.4, -0.2) is 20.9 Å². The summed E-state index contributed by atoms with van der Waals surface area (Å²) in [6.07, 6.45) is 2.05. The van der Waals surface area contributed by atoms with Crippen molar-refractivity contribution >= 4 is 17.5 Å². The lowest BCUT2D eigenvalue weighted by Gasteiger charge is -2.08. The Bertz CT molecular complexity index is 687. The summed E-state index contributed by atoms with van der Waals surface area (Å²) in [7, 11) is 0. The number of aromatic nitrogens is 2. The highest BCUT2D eigenvalue weighted by Gasteiger charge is 2.07. The second-order valence-corrected chi connectivity index (χ2v) is 4.45. The van der Waals surface area contributed by atoms with Gasteiger partial charge in [0, 0.05) is 18.0 Å². The molecule has 0 aliphatic heterocycles. The maximum Gasteiger partial charge on any atom is 0.324 e. The molecule has 1 heterocycles. The summed E-state index contributed by atoms with van der Waals surface area (Å²) in [5.74, 6) is 0.552. The van der Waals surface area contributed by atoms with E-state index in [0.29, 0.717) is 24.5 Å². The second-order valence-electron chi connectivity index (χ2n) is 4.45. The van der Waals surface area contributed by atoms with E-state index in [0.717, 1.165) is 5.56 Å². The number of hydrogen-bond donors (Lipinski definition) is 3. The molecule has 0 fully saturated rings. The molecule has 0 aliphatic carbocycles. The third-order valence-electron chi connectivity index (χ3n) is 2.79. The number of carbonyl (C=O) groups is 1. The molecule has 3 N–H and O–H groups in total. The zero-order valence-corrected chi connectivity index (χ0v) is 11.5. The van der Waals surface area contributed by atoms with Crippen molar-refractivity contribution in [3.8, 4) is 11.8 Å². The quantitative estimate of drug-likeness (QED) is 0.751. The molecule has 1 aromatic carbocycles.